The lowest BCUT2D eigenvalue weighted by atomic mass is 10.1. The summed E-state index contributed by atoms with van der Waals surface area (Å²) in [7, 11) is 0. The monoisotopic (exact) mass is 209 g/mol. The first-order valence-electron chi connectivity index (χ1n) is 6.02. The van der Waals surface area contributed by atoms with Crippen LogP contribution in [0, 0.1) is 0 Å². The largest absolute Gasteiger partial charge is 0.497 e. The summed E-state index contributed by atoms with van der Waals surface area (Å²) in [5, 5.41) is 0. The lowest BCUT2D eigenvalue weighted by Gasteiger charge is -2.31. The molecule has 1 fully saturated rings. The fourth-order valence-corrected chi connectivity index (χ4v) is 1.92. The van der Waals surface area contributed by atoms with Gasteiger partial charge in [-0.15, -0.1) is 0 Å². The van der Waals surface area contributed by atoms with Gasteiger partial charge in [0.05, 0.1) is 6.26 Å². The summed E-state index contributed by atoms with van der Waals surface area (Å²) in [4.78, 5) is 2.51. The number of ether oxygens (including phenoxy) is 1. The molecule has 0 saturated carbocycles. The highest BCUT2D eigenvalue weighted by Gasteiger charge is 2.19. The molecule has 1 unspecified atom stereocenters. The van der Waals surface area contributed by atoms with E-state index >= 15 is 0 Å². The van der Waals surface area contributed by atoms with E-state index in [4.69, 9.17) is 4.74 Å². The van der Waals surface area contributed by atoms with Gasteiger partial charge < -0.3 is 4.74 Å². The maximum Gasteiger partial charge on any atom is 0.110 e. The van der Waals surface area contributed by atoms with Crippen LogP contribution < -0.4 is 0 Å². The van der Waals surface area contributed by atoms with Gasteiger partial charge in [-0.25, -0.2) is 0 Å². The van der Waals surface area contributed by atoms with Crippen LogP contribution in [0.2, 0.25) is 0 Å². The van der Waals surface area contributed by atoms with Gasteiger partial charge in [-0.05, 0) is 38.4 Å². The molecule has 2 heteroatoms. The SMILES string of the molecule is C=C/C=C/OC1CCCN(CCCC)C1. The Morgan fingerprint density at radius 2 is 2.40 bits per heavy atom. The first-order chi connectivity index (χ1) is 7.36. The Kier molecular flexibility index (Phi) is 6.17. The van der Waals surface area contributed by atoms with Crippen LogP contribution in [-0.2, 0) is 4.74 Å². The second kappa shape index (κ2) is 7.52. The molecule has 1 aliphatic heterocycles. The van der Waals surface area contributed by atoms with E-state index in [2.05, 4.69) is 18.4 Å². The topological polar surface area (TPSA) is 12.5 Å². The zero-order valence-electron chi connectivity index (χ0n) is 9.82. The van der Waals surface area contributed by atoms with Gasteiger partial charge >= 0.3 is 0 Å². The molecular weight excluding hydrogens is 186 g/mol. The van der Waals surface area contributed by atoms with Gasteiger partial charge in [-0.2, -0.15) is 0 Å². The summed E-state index contributed by atoms with van der Waals surface area (Å²) >= 11 is 0. The predicted octanol–water partition coefficient (Wildman–Crippen LogP) is 2.97. The minimum Gasteiger partial charge on any atom is -0.497 e. The number of likely N-dealkylation sites (tertiary alicyclic amines) is 1. The minimum absolute atomic E-state index is 0.381. The quantitative estimate of drug-likeness (QED) is 0.492. The molecule has 0 radical (unpaired) electrons. The first kappa shape index (κ1) is 12.3. The zero-order valence-corrected chi connectivity index (χ0v) is 9.82. The van der Waals surface area contributed by atoms with Crippen LogP contribution in [0.1, 0.15) is 32.6 Å². The highest BCUT2D eigenvalue weighted by molar-refractivity contribution is 4.93. The maximum atomic E-state index is 5.64. The Hall–Kier alpha value is -0.760. The molecular formula is C13H23NO. The van der Waals surface area contributed by atoms with Gasteiger partial charge in [-0.1, -0.05) is 26.0 Å². The number of hydrogen-bond donors (Lipinski definition) is 0. The van der Waals surface area contributed by atoms with Crippen molar-refractivity contribution in [2.45, 2.75) is 38.7 Å². The van der Waals surface area contributed by atoms with Crippen LogP contribution in [0.3, 0.4) is 0 Å². The van der Waals surface area contributed by atoms with Gasteiger partial charge in [-0.3, -0.25) is 4.90 Å². The predicted molar refractivity (Wildman–Crippen MR) is 64.8 cm³/mol. The van der Waals surface area contributed by atoms with E-state index in [1.165, 1.54) is 38.8 Å². The lowest BCUT2D eigenvalue weighted by Crippen LogP contribution is -2.39. The van der Waals surface area contributed by atoms with Crippen LogP contribution in [-0.4, -0.2) is 30.6 Å². The summed E-state index contributed by atoms with van der Waals surface area (Å²) in [5.74, 6) is 0. The maximum absolute atomic E-state index is 5.64. The molecule has 86 valence electrons. The summed E-state index contributed by atoms with van der Waals surface area (Å²) in [6, 6.07) is 0. The smallest absolute Gasteiger partial charge is 0.110 e. The Bertz CT molecular complexity index is 201. The average Bonchev–Trinajstić information content (AvgIpc) is 2.27. The number of nitrogens with zero attached hydrogens (tertiary/aromatic N) is 1. The van der Waals surface area contributed by atoms with Crippen molar-refractivity contribution in [3.63, 3.8) is 0 Å². The van der Waals surface area contributed by atoms with Crippen molar-refractivity contribution in [2.24, 2.45) is 0 Å². The fourth-order valence-electron chi connectivity index (χ4n) is 1.92. The third-order valence-corrected chi connectivity index (χ3v) is 2.78. The van der Waals surface area contributed by atoms with Crippen molar-refractivity contribution in [1.29, 1.82) is 0 Å². The van der Waals surface area contributed by atoms with Crippen molar-refractivity contribution in [3.8, 4) is 0 Å². The molecule has 0 bridgehead atoms. The van der Waals surface area contributed by atoms with Crippen LogP contribution in [0.25, 0.3) is 0 Å². The van der Waals surface area contributed by atoms with Crippen molar-refractivity contribution >= 4 is 0 Å². The normalized spacial score (nSPS) is 23.1. The Morgan fingerprint density at radius 1 is 1.53 bits per heavy atom. The number of rotatable bonds is 6. The van der Waals surface area contributed by atoms with Crippen molar-refractivity contribution in [2.75, 3.05) is 19.6 Å². The second-order valence-corrected chi connectivity index (χ2v) is 4.12. The summed E-state index contributed by atoms with van der Waals surface area (Å²) in [6.45, 7) is 9.41. The molecule has 0 spiro atoms. The molecule has 1 atom stereocenters. The average molecular weight is 209 g/mol. The van der Waals surface area contributed by atoms with Crippen LogP contribution in [0.4, 0.5) is 0 Å². The molecule has 0 aliphatic carbocycles. The summed E-state index contributed by atoms with van der Waals surface area (Å²) < 4.78 is 5.64. The lowest BCUT2D eigenvalue weighted by molar-refractivity contribution is 0.0557. The highest BCUT2D eigenvalue weighted by atomic mass is 16.5. The third-order valence-electron chi connectivity index (χ3n) is 2.78. The summed E-state index contributed by atoms with van der Waals surface area (Å²) in [6.07, 6.45) is 10.8. The molecule has 0 aromatic rings. The molecule has 15 heavy (non-hydrogen) atoms. The first-order valence-corrected chi connectivity index (χ1v) is 6.02. The van der Waals surface area contributed by atoms with Gasteiger partial charge in [0, 0.05) is 6.54 Å². The van der Waals surface area contributed by atoms with Gasteiger partial charge in [0.25, 0.3) is 0 Å². The van der Waals surface area contributed by atoms with E-state index in [0.29, 0.717) is 6.10 Å². The van der Waals surface area contributed by atoms with E-state index in [-0.39, 0.29) is 0 Å². The van der Waals surface area contributed by atoms with E-state index in [9.17, 15) is 0 Å². The Balaban J connectivity index is 2.22. The third kappa shape index (κ3) is 5.03. The minimum atomic E-state index is 0.381. The zero-order chi connectivity index (χ0) is 10.9. The molecule has 0 amide bonds. The Morgan fingerprint density at radius 3 is 3.13 bits per heavy atom. The number of piperidine rings is 1. The van der Waals surface area contributed by atoms with Crippen LogP contribution in [0.15, 0.2) is 25.0 Å². The molecule has 1 heterocycles. The van der Waals surface area contributed by atoms with Crippen molar-refractivity contribution in [1.82, 2.24) is 4.90 Å². The van der Waals surface area contributed by atoms with E-state index in [1.54, 1.807) is 12.3 Å². The molecule has 2 nitrogen and oxygen atoms in total. The van der Waals surface area contributed by atoms with Crippen molar-refractivity contribution in [3.05, 3.63) is 25.0 Å². The van der Waals surface area contributed by atoms with E-state index in [1.807, 2.05) is 6.08 Å². The standard InChI is InChI=1S/C13H23NO/c1-3-5-9-14-10-7-8-13(12-14)15-11-6-4-2/h4,6,11,13H,2-3,5,7-10,12H2,1H3/b11-6+. The molecule has 0 aromatic heterocycles. The molecule has 0 aromatic carbocycles. The molecule has 0 N–H and O–H groups in total. The van der Waals surface area contributed by atoms with Gasteiger partial charge in [0.1, 0.15) is 6.10 Å². The van der Waals surface area contributed by atoms with Gasteiger partial charge in [0.2, 0.25) is 0 Å². The number of unbranched alkanes of at least 4 members (excludes halogenated alkanes) is 1. The molecule has 1 aliphatic rings. The molecule has 1 saturated heterocycles. The van der Waals surface area contributed by atoms with Gasteiger partial charge in [0.15, 0.2) is 0 Å². The summed E-state index contributed by atoms with van der Waals surface area (Å²) in [5.41, 5.74) is 0. The highest BCUT2D eigenvalue weighted by Crippen LogP contribution is 2.14. The number of allylic oxidation sites excluding steroid dienone is 2. The fraction of sp³-hybridized carbons (Fsp3) is 0.692. The second-order valence-electron chi connectivity index (χ2n) is 4.12. The van der Waals surface area contributed by atoms with E-state index < -0.39 is 0 Å². The van der Waals surface area contributed by atoms with Crippen molar-refractivity contribution < 1.29 is 4.74 Å². The van der Waals surface area contributed by atoms with Crippen LogP contribution >= 0.6 is 0 Å². The van der Waals surface area contributed by atoms with Crippen LogP contribution in [0.5, 0.6) is 0 Å². The molecule has 1 rings (SSSR count). The Labute approximate surface area is 93.6 Å². The van der Waals surface area contributed by atoms with E-state index in [0.717, 1.165) is 6.54 Å². The number of hydrogen-bond acceptors (Lipinski definition) is 2.